The van der Waals surface area contributed by atoms with Crippen molar-refractivity contribution >= 4 is 38.2 Å². The van der Waals surface area contributed by atoms with Gasteiger partial charge in [-0.3, -0.25) is 10.1 Å². The maximum atomic E-state index is 13.2. The fraction of sp³-hybridized carbons (Fsp3) is 0.0588. The summed E-state index contributed by atoms with van der Waals surface area (Å²) >= 11 is 1.22. The lowest BCUT2D eigenvalue weighted by Gasteiger charge is -2.09. The van der Waals surface area contributed by atoms with Gasteiger partial charge in [0.15, 0.2) is 5.13 Å². The normalized spacial score (nSPS) is 12.1. The Morgan fingerprint density at radius 1 is 1.22 bits per heavy atom. The highest BCUT2D eigenvalue weighted by Gasteiger charge is 2.16. The van der Waals surface area contributed by atoms with Crippen LogP contribution in [0.4, 0.5) is 9.52 Å². The van der Waals surface area contributed by atoms with Crippen molar-refractivity contribution in [1.29, 1.82) is 0 Å². The number of benzene rings is 2. The number of nitrogens with two attached hydrogens (primary N) is 1. The van der Waals surface area contributed by atoms with E-state index in [-0.39, 0.29) is 11.7 Å². The predicted molar refractivity (Wildman–Crippen MR) is 91.4 cm³/mol. The van der Waals surface area contributed by atoms with Crippen LogP contribution in [0.2, 0.25) is 0 Å². The van der Waals surface area contributed by atoms with E-state index in [0.717, 1.165) is 5.56 Å². The van der Waals surface area contributed by atoms with Crippen molar-refractivity contribution in [1.82, 2.24) is 4.98 Å². The van der Waals surface area contributed by atoms with Gasteiger partial charge in [0.1, 0.15) is 5.82 Å². The lowest BCUT2D eigenvalue weighted by Crippen LogP contribution is -2.16. The minimum atomic E-state index is -0.337. The van der Waals surface area contributed by atoms with Gasteiger partial charge < -0.3 is 5.73 Å². The topological polar surface area (TPSA) is 68.0 Å². The highest BCUT2D eigenvalue weighted by Crippen LogP contribution is 2.27. The van der Waals surface area contributed by atoms with Crippen LogP contribution in [0, 0.1) is 5.82 Å². The van der Waals surface area contributed by atoms with E-state index in [1.807, 2.05) is 30.3 Å². The molecule has 1 amide bonds. The van der Waals surface area contributed by atoms with Crippen molar-refractivity contribution in [2.24, 2.45) is 5.73 Å². The first-order chi connectivity index (χ1) is 11.0. The molecule has 1 aromatic heterocycles. The van der Waals surface area contributed by atoms with Gasteiger partial charge in [-0.1, -0.05) is 41.7 Å². The largest absolute Gasteiger partial charge is 0.402 e. The first kappa shape index (κ1) is 15.2. The molecule has 116 valence electrons. The number of nitrogens with one attached hydrogen (secondary N) is 1. The first-order valence-electron chi connectivity index (χ1n) is 6.94. The lowest BCUT2D eigenvalue weighted by atomic mass is 10.0. The summed E-state index contributed by atoms with van der Waals surface area (Å²) in [6, 6.07) is 13.5. The van der Waals surface area contributed by atoms with E-state index in [9.17, 15) is 9.18 Å². The Kier molecular flexibility index (Phi) is 4.08. The van der Waals surface area contributed by atoms with Gasteiger partial charge in [0.25, 0.3) is 5.91 Å². The number of carbonyl (C=O) groups is 1. The Labute approximate surface area is 136 Å². The van der Waals surface area contributed by atoms with E-state index >= 15 is 0 Å². The number of allylic oxidation sites excluding steroid dienone is 1. The maximum Gasteiger partial charge on any atom is 0.259 e. The van der Waals surface area contributed by atoms with E-state index in [0.29, 0.717) is 26.6 Å². The molecule has 23 heavy (non-hydrogen) atoms. The molecule has 0 atom stereocenters. The number of thiazole rings is 1. The minimum absolute atomic E-state index is 0.332. The number of aromatic nitrogens is 1. The highest BCUT2D eigenvalue weighted by molar-refractivity contribution is 7.22. The van der Waals surface area contributed by atoms with Crippen molar-refractivity contribution < 1.29 is 9.18 Å². The van der Waals surface area contributed by atoms with E-state index in [1.165, 1.54) is 23.5 Å². The molecule has 0 aliphatic carbocycles. The molecule has 4 nitrogen and oxygen atoms in total. The molecule has 0 radical (unpaired) electrons. The van der Waals surface area contributed by atoms with Gasteiger partial charge in [0, 0.05) is 5.70 Å². The molecule has 0 fully saturated rings. The summed E-state index contributed by atoms with van der Waals surface area (Å²) in [6.07, 6.45) is 0. The Bertz CT molecular complexity index is 899. The average Bonchev–Trinajstić information content (AvgIpc) is 2.89. The Morgan fingerprint density at radius 2 is 1.96 bits per heavy atom. The predicted octanol–water partition coefficient (Wildman–Crippen LogP) is 3.76. The third kappa shape index (κ3) is 3.22. The van der Waals surface area contributed by atoms with Gasteiger partial charge >= 0.3 is 0 Å². The minimum Gasteiger partial charge on any atom is -0.402 e. The molecule has 0 saturated heterocycles. The molecule has 0 bridgehead atoms. The van der Waals surface area contributed by atoms with Crippen LogP contribution in [0.5, 0.6) is 0 Å². The highest BCUT2D eigenvalue weighted by atomic mass is 32.1. The Hall–Kier alpha value is -2.73. The Balaban J connectivity index is 1.91. The van der Waals surface area contributed by atoms with Crippen molar-refractivity contribution in [3.05, 3.63) is 65.6 Å². The van der Waals surface area contributed by atoms with E-state index in [2.05, 4.69) is 10.3 Å². The maximum absolute atomic E-state index is 13.2. The SMILES string of the molecule is C/C(N)=C(/C(=O)Nc1nc2ccc(F)cc2s1)c1ccccc1. The monoisotopic (exact) mass is 327 g/mol. The molecule has 0 spiro atoms. The van der Waals surface area contributed by atoms with Crippen LogP contribution in [0.3, 0.4) is 0 Å². The molecule has 2 aromatic carbocycles. The number of amides is 1. The van der Waals surface area contributed by atoms with E-state index < -0.39 is 0 Å². The van der Waals surface area contributed by atoms with Crippen LogP contribution in [0.1, 0.15) is 12.5 Å². The summed E-state index contributed by atoms with van der Waals surface area (Å²) in [5, 5.41) is 3.15. The number of nitrogens with zero attached hydrogens (tertiary/aromatic N) is 1. The second-order valence-corrected chi connectivity index (χ2v) is 6.04. The van der Waals surface area contributed by atoms with Gasteiger partial charge in [0.2, 0.25) is 0 Å². The van der Waals surface area contributed by atoms with E-state index in [1.54, 1.807) is 13.0 Å². The van der Waals surface area contributed by atoms with Crippen molar-refractivity contribution in [3.8, 4) is 0 Å². The van der Waals surface area contributed by atoms with Crippen molar-refractivity contribution in [2.75, 3.05) is 5.32 Å². The van der Waals surface area contributed by atoms with E-state index in [4.69, 9.17) is 5.73 Å². The number of anilines is 1. The molecule has 3 rings (SSSR count). The van der Waals surface area contributed by atoms with Crippen LogP contribution in [-0.4, -0.2) is 10.9 Å². The zero-order valence-corrected chi connectivity index (χ0v) is 13.2. The molecule has 0 unspecified atom stereocenters. The molecule has 0 aliphatic heterocycles. The number of hydrogen-bond acceptors (Lipinski definition) is 4. The molecule has 0 saturated carbocycles. The van der Waals surface area contributed by atoms with Gasteiger partial charge in [-0.25, -0.2) is 9.37 Å². The molecule has 6 heteroatoms. The number of carbonyl (C=O) groups excluding carboxylic acids is 1. The number of hydrogen-bond donors (Lipinski definition) is 2. The lowest BCUT2D eigenvalue weighted by molar-refractivity contribution is -0.111. The first-order valence-corrected chi connectivity index (χ1v) is 7.75. The average molecular weight is 327 g/mol. The standard InChI is InChI=1S/C17H14FN3OS/c1-10(19)15(11-5-3-2-4-6-11)16(22)21-17-20-13-8-7-12(18)9-14(13)23-17/h2-9H,19H2,1H3,(H,20,21,22)/b15-10-. The summed E-state index contributed by atoms with van der Waals surface area (Å²) in [7, 11) is 0. The van der Waals surface area contributed by atoms with Crippen LogP contribution in [0.25, 0.3) is 15.8 Å². The quantitative estimate of drug-likeness (QED) is 0.720. The molecular formula is C17H14FN3OS. The van der Waals surface area contributed by atoms with Crippen LogP contribution >= 0.6 is 11.3 Å². The summed E-state index contributed by atoms with van der Waals surface area (Å²) in [5.74, 6) is -0.669. The van der Waals surface area contributed by atoms with Gasteiger partial charge in [0.05, 0.1) is 15.8 Å². The number of halogens is 1. The molecule has 0 aliphatic rings. The van der Waals surface area contributed by atoms with Gasteiger partial charge in [-0.15, -0.1) is 0 Å². The van der Waals surface area contributed by atoms with Gasteiger partial charge in [-0.2, -0.15) is 0 Å². The molecule has 3 N–H and O–H groups in total. The zero-order valence-electron chi connectivity index (χ0n) is 12.3. The molecular weight excluding hydrogens is 313 g/mol. The van der Waals surface area contributed by atoms with Crippen LogP contribution in [0.15, 0.2) is 54.2 Å². The third-order valence-corrected chi connectivity index (χ3v) is 4.19. The Morgan fingerprint density at radius 3 is 2.65 bits per heavy atom. The fourth-order valence-corrected chi connectivity index (χ4v) is 3.14. The summed E-state index contributed by atoms with van der Waals surface area (Å²) in [6.45, 7) is 1.68. The molecule has 1 heterocycles. The second kappa shape index (κ2) is 6.18. The van der Waals surface area contributed by atoms with Crippen molar-refractivity contribution in [3.63, 3.8) is 0 Å². The summed E-state index contributed by atoms with van der Waals surface area (Å²) in [4.78, 5) is 16.8. The number of rotatable bonds is 3. The fourth-order valence-electron chi connectivity index (χ4n) is 2.25. The van der Waals surface area contributed by atoms with Crippen LogP contribution in [-0.2, 0) is 4.79 Å². The zero-order chi connectivity index (χ0) is 16.4. The summed E-state index contributed by atoms with van der Waals surface area (Å²) in [5.41, 5.74) is 8.06. The number of fused-ring (bicyclic) bond motifs is 1. The molecule has 3 aromatic rings. The van der Waals surface area contributed by atoms with Crippen molar-refractivity contribution in [2.45, 2.75) is 6.92 Å². The van der Waals surface area contributed by atoms with Crippen LogP contribution < -0.4 is 11.1 Å². The second-order valence-electron chi connectivity index (χ2n) is 5.01. The van der Waals surface area contributed by atoms with Gasteiger partial charge in [-0.05, 0) is 30.7 Å². The summed E-state index contributed by atoms with van der Waals surface area (Å²) < 4.78 is 13.9. The smallest absolute Gasteiger partial charge is 0.259 e. The third-order valence-electron chi connectivity index (χ3n) is 3.25.